The summed E-state index contributed by atoms with van der Waals surface area (Å²) in [7, 11) is 2.83. The molecular formula is C14H10Cl2N2O4S. The average Bonchev–Trinajstić information content (AvgIpc) is 2.87. The van der Waals surface area contributed by atoms with Crippen molar-refractivity contribution >= 4 is 48.1 Å². The predicted octanol–water partition coefficient (Wildman–Crippen LogP) is 3.67. The summed E-state index contributed by atoms with van der Waals surface area (Å²) in [5, 5.41) is 4.58. The first-order valence-electron chi connectivity index (χ1n) is 6.28. The van der Waals surface area contributed by atoms with Crippen molar-refractivity contribution in [3.8, 4) is 16.9 Å². The number of benzene rings is 2. The van der Waals surface area contributed by atoms with Gasteiger partial charge in [0.25, 0.3) is 9.05 Å². The Morgan fingerprint density at radius 1 is 1.22 bits per heavy atom. The van der Waals surface area contributed by atoms with E-state index in [1.165, 1.54) is 13.2 Å². The zero-order valence-corrected chi connectivity index (χ0v) is 14.0. The minimum atomic E-state index is -3.91. The zero-order valence-electron chi connectivity index (χ0n) is 11.7. The van der Waals surface area contributed by atoms with Gasteiger partial charge >= 0.3 is 0 Å². The van der Waals surface area contributed by atoms with E-state index in [0.717, 1.165) is 0 Å². The third-order valence-corrected chi connectivity index (χ3v) is 4.97. The molecule has 0 fully saturated rings. The van der Waals surface area contributed by atoms with E-state index < -0.39 is 9.05 Å². The maximum absolute atomic E-state index is 11.5. The third kappa shape index (κ3) is 2.83. The van der Waals surface area contributed by atoms with Gasteiger partial charge in [-0.05, 0) is 35.4 Å². The van der Waals surface area contributed by atoms with Gasteiger partial charge in [-0.15, -0.1) is 0 Å². The summed E-state index contributed by atoms with van der Waals surface area (Å²) in [6.45, 7) is 0. The second kappa shape index (κ2) is 5.59. The Hall–Kier alpha value is -1.96. The molecule has 0 radical (unpaired) electrons. The Morgan fingerprint density at radius 3 is 2.61 bits per heavy atom. The van der Waals surface area contributed by atoms with Gasteiger partial charge in [-0.1, -0.05) is 22.8 Å². The monoisotopic (exact) mass is 372 g/mol. The standard InChI is InChI=1S/C14H10Cl2N2O4S/c1-21-10-5-7(2-3-12(10)23(16,19)20)8-4-9(15)13-11(6-8)22-18-14(13)17/h2-6H,1H3,(H2,17,18). The van der Waals surface area contributed by atoms with Crippen molar-refractivity contribution in [1.29, 1.82) is 0 Å². The molecule has 23 heavy (non-hydrogen) atoms. The van der Waals surface area contributed by atoms with Crippen LogP contribution in [0.15, 0.2) is 39.8 Å². The molecule has 0 saturated carbocycles. The molecule has 0 bridgehead atoms. The average molecular weight is 373 g/mol. The molecule has 0 aliphatic carbocycles. The van der Waals surface area contributed by atoms with Crippen LogP contribution in [0.3, 0.4) is 0 Å². The molecule has 6 nitrogen and oxygen atoms in total. The maximum atomic E-state index is 11.5. The van der Waals surface area contributed by atoms with Gasteiger partial charge in [0.1, 0.15) is 10.6 Å². The molecule has 2 aromatic carbocycles. The largest absolute Gasteiger partial charge is 0.495 e. The fraction of sp³-hybridized carbons (Fsp3) is 0.0714. The number of rotatable bonds is 3. The van der Waals surface area contributed by atoms with Crippen molar-refractivity contribution in [1.82, 2.24) is 5.16 Å². The van der Waals surface area contributed by atoms with E-state index in [2.05, 4.69) is 5.16 Å². The smallest absolute Gasteiger partial charge is 0.264 e. The molecule has 2 N–H and O–H groups in total. The molecule has 0 aliphatic rings. The van der Waals surface area contributed by atoms with Crippen LogP contribution < -0.4 is 10.5 Å². The lowest BCUT2D eigenvalue weighted by atomic mass is 10.0. The van der Waals surface area contributed by atoms with E-state index >= 15 is 0 Å². The maximum Gasteiger partial charge on any atom is 0.264 e. The predicted molar refractivity (Wildman–Crippen MR) is 88.5 cm³/mol. The highest BCUT2D eigenvalue weighted by Gasteiger charge is 2.18. The fourth-order valence-corrected chi connectivity index (χ4v) is 3.56. The molecule has 3 rings (SSSR count). The highest BCUT2D eigenvalue weighted by atomic mass is 35.7. The van der Waals surface area contributed by atoms with Crippen LogP contribution in [-0.2, 0) is 9.05 Å². The van der Waals surface area contributed by atoms with Crippen molar-refractivity contribution in [2.45, 2.75) is 4.90 Å². The van der Waals surface area contributed by atoms with Crippen molar-refractivity contribution in [2.24, 2.45) is 0 Å². The van der Waals surface area contributed by atoms with Crippen LogP contribution >= 0.6 is 22.3 Å². The number of aromatic nitrogens is 1. The number of hydrogen-bond donors (Lipinski definition) is 1. The molecule has 9 heteroatoms. The molecule has 0 amide bonds. The summed E-state index contributed by atoms with van der Waals surface area (Å²) in [6, 6.07) is 7.89. The van der Waals surface area contributed by atoms with Gasteiger partial charge < -0.3 is 15.0 Å². The Bertz CT molecular complexity index is 1020. The third-order valence-electron chi connectivity index (χ3n) is 3.31. The number of halogens is 2. The minimum Gasteiger partial charge on any atom is -0.495 e. The molecule has 120 valence electrons. The van der Waals surface area contributed by atoms with E-state index in [1.807, 2.05) is 0 Å². The molecule has 0 aliphatic heterocycles. The zero-order chi connectivity index (χ0) is 16.8. The van der Waals surface area contributed by atoms with Crippen LogP contribution in [0, 0.1) is 0 Å². The van der Waals surface area contributed by atoms with Gasteiger partial charge in [-0.3, -0.25) is 0 Å². The highest BCUT2D eigenvalue weighted by molar-refractivity contribution is 8.13. The van der Waals surface area contributed by atoms with Gasteiger partial charge in [0.05, 0.1) is 17.5 Å². The Morgan fingerprint density at radius 2 is 1.96 bits per heavy atom. The van der Waals surface area contributed by atoms with Crippen LogP contribution in [-0.4, -0.2) is 20.7 Å². The summed E-state index contributed by atoms with van der Waals surface area (Å²) in [6.07, 6.45) is 0. The van der Waals surface area contributed by atoms with E-state index in [4.69, 9.17) is 37.3 Å². The second-order valence-electron chi connectivity index (χ2n) is 4.70. The first-order valence-corrected chi connectivity index (χ1v) is 8.97. The van der Waals surface area contributed by atoms with Gasteiger partial charge in [0, 0.05) is 10.7 Å². The normalized spacial score (nSPS) is 11.8. The van der Waals surface area contributed by atoms with Crippen LogP contribution in [0.4, 0.5) is 5.82 Å². The Labute approximate surface area is 141 Å². The van der Waals surface area contributed by atoms with Gasteiger partial charge in [0.15, 0.2) is 11.4 Å². The number of nitrogen functional groups attached to an aromatic ring is 1. The highest BCUT2D eigenvalue weighted by Crippen LogP contribution is 2.36. The number of ether oxygens (including phenoxy) is 1. The fourth-order valence-electron chi connectivity index (χ4n) is 2.26. The minimum absolute atomic E-state index is 0.110. The molecule has 1 heterocycles. The van der Waals surface area contributed by atoms with Crippen LogP contribution in [0.2, 0.25) is 5.02 Å². The van der Waals surface area contributed by atoms with Crippen LogP contribution in [0.25, 0.3) is 22.1 Å². The molecule has 3 aromatic rings. The van der Waals surface area contributed by atoms with Gasteiger partial charge in [0.2, 0.25) is 0 Å². The van der Waals surface area contributed by atoms with Crippen LogP contribution in [0.5, 0.6) is 5.75 Å². The van der Waals surface area contributed by atoms with E-state index in [-0.39, 0.29) is 16.5 Å². The molecule has 0 saturated heterocycles. The molecule has 0 atom stereocenters. The number of nitrogens with zero attached hydrogens (tertiary/aromatic N) is 1. The summed E-state index contributed by atoms with van der Waals surface area (Å²) in [5.41, 5.74) is 7.48. The molecule has 0 spiro atoms. The van der Waals surface area contributed by atoms with E-state index in [1.54, 1.807) is 24.3 Å². The van der Waals surface area contributed by atoms with Gasteiger partial charge in [-0.25, -0.2) is 8.42 Å². The van der Waals surface area contributed by atoms with E-state index in [9.17, 15) is 8.42 Å². The number of methoxy groups -OCH3 is 1. The summed E-state index contributed by atoms with van der Waals surface area (Å²) in [5.74, 6) is 0.337. The Balaban J connectivity index is 2.19. The summed E-state index contributed by atoms with van der Waals surface area (Å²) >= 11 is 6.21. The summed E-state index contributed by atoms with van der Waals surface area (Å²) < 4.78 is 33.3. The number of anilines is 1. The topological polar surface area (TPSA) is 95.4 Å². The number of nitrogens with two attached hydrogens (primary N) is 1. The lowest BCUT2D eigenvalue weighted by molar-refractivity contribution is 0.403. The summed E-state index contributed by atoms with van der Waals surface area (Å²) in [4.78, 5) is -0.110. The SMILES string of the molecule is COc1cc(-c2cc(Cl)c3c(N)noc3c2)ccc1S(=O)(=O)Cl. The lowest BCUT2D eigenvalue weighted by Gasteiger charge is -2.09. The molecular weight excluding hydrogens is 363 g/mol. The molecule has 0 unspecified atom stereocenters. The number of fused-ring (bicyclic) bond motifs is 1. The first-order chi connectivity index (χ1) is 10.8. The molecule has 1 aromatic heterocycles. The number of hydrogen-bond acceptors (Lipinski definition) is 6. The second-order valence-corrected chi connectivity index (χ2v) is 7.64. The quantitative estimate of drug-likeness (QED) is 0.704. The van der Waals surface area contributed by atoms with Crippen molar-refractivity contribution in [3.05, 3.63) is 35.4 Å². The lowest BCUT2D eigenvalue weighted by Crippen LogP contribution is -1.96. The first kappa shape index (κ1) is 15.9. The van der Waals surface area contributed by atoms with Crippen molar-refractivity contribution in [3.63, 3.8) is 0 Å². The van der Waals surface area contributed by atoms with E-state index in [0.29, 0.717) is 27.1 Å². The van der Waals surface area contributed by atoms with Gasteiger partial charge in [-0.2, -0.15) is 0 Å². The van der Waals surface area contributed by atoms with Crippen molar-refractivity contribution in [2.75, 3.05) is 12.8 Å². The van der Waals surface area contributed by atoms with Crippen LogP contribution in [0.1, 0.15) is 0 Å². The van der Waals surface area contributed by atoms with Crippen molar-refractivity contribution < 1.29 is 17.7 Å². The Kier molecular flexibility index (Phi) is 3.87.